The molecule has 1 fully saturated rings. The van der Waals surface area contributed by atoms with Crippen LogP contribution < -0.4 is 0 Å². The SMILES string of the molecule is Cc1ccc(C(Cl)CN2CCCCC2C)c(C)c1. The first-order chi connectivity index (χ1) is 8.58. The van der Waals surface area contributed by atoms with E-state index in [1.807, 2.05) is 0 Å². The number of halogens is 1. The van der Waals surface area contributed by atoms with Crippen LogP contribution >= 0.6 is 11.6 Å². The Morgan fingerprint density at radius 1 is 1.33 bits per heavy atom. The van der Waals surface area contributed by atoms with E-state index in [0.717, 1.165) is 6.54 Å². The van der Waals surface area contributed by atoms with E-state index in [9.17, 15) is 0 Å². The molecule has 0 N–H and O–H groups in total. The minimum absolute atomic E-state index is 0.117. The normalized spacial score (nSPS) is 23.0. The molecule has 1 aliphatic heterocycles. The molecule has 1 heterocycles. The molecular weight excluding hydrogens is 242 g/mol. The summed E-state index contributed by atoms with van der Waals surface area (Å²) in [6.07, 6.45) is 4.01. The van der Waals surface area contributed by atoms with E-state index in [4.69, 9.17) is 11.6 Å². The second kappa shape index (κ2) is 6.08. The Balaban J connectivity index is 2.04. The summed E-state index contributed by atoms with van der Waals surface area (Å²) >= 11 is 6.62. The quantitative estimate of drug-likeness (QED) is 0.730. The van der Waals surface area contributed by atoms with Crippen LogP contribution in [0.2, 0.25) is 0 Å². The van der Waals surface area contributed by atoms with Crippen molar-refractivity contribution in [1.29, 1.82) is 0 Å². The van der Waals surface area contributed by atoms with Gasteiger partial charge in [0.05, 0.1) is 5.38 Å². The zero-order valence-electron chi connectivity index (χ0n) is 11.7. The summed E-state index contributed by atoms with van der Waals surface area (Å²) < 4.78 is 0. The molecule has 2 rings (SSSR count). The predicted molar refractivity (Wildman–Crippen MR) is 79.4 cm³/mol. The van der Waals surface area contributed by atoms with Gasteiger partial charge in [-0.1, -0.05) is 30.2 Å². The van der Waals surface area contributed by atoms with Crippen molar-refractivity contribution >= 4 is 11.6 Å². The van der Waals surface area contributed by atoms with Crippen LogP contribution in [0.1, 0.15) is 48.3 Å². The van der Waals surface area contributed by atoms with Crippen molar-refractivity contribution in [3.05, 3.63) is 34.9 Å². The van der Waals surface area contributed by atoms with Crippen molar-refractivity contribution < 1.29 is 0 Å². The summed E-state index contributed by atoms with van der Waals surface area (Å²) in [6, 6.07) is 7.27. The van der Waals surface area contributed by atoms with Gasteiger partial charge in [0.1, 0.15) is 0 Å². The van der Waals surface area contributed by atoms with Crippen LogP contribution in [-0.4, -0.2) is 24.0 Å². The fraction of sp³-hybridized carbons (Fsp3) is 0.625. The topological polar surface area (TPSA) is 3.24 Å². The second-order valence-electron chi connectivity index (χ2n) is 5.67. The number of alkyl halides is 1. The highest BCUT2D eigenvalue weighted by atomic mass is 35.5. The Morgan fingerprint density at radius 2 is 2.11 bits per heavy atom. The molecule has 0 aromatic heterocycles. The van der Waals surface area contributed by atoms with Crippen LogP contribution in [-0.2, 0) is 0 Å². The van der Waals surface area contributed by atoms with E-state index in [0.29, 0.717) is 6.04 Å². The second-order valence-corrected chi connectivity index (χ2v) is 6.19. The maximum Gasteiger partial charge on any atom is 0.0714 e. The third-order valence-corrected chi connectivity index (χ3v) is 4.47. The lowest BCUT2D eigenvalue weighted by Gasteiger charge is -2.34. The van der Waals surface area contributed by atoms with E-state index in [-0.39, 0.29) is 5.38 Å². The third-order valence-electron chi connectivity index (χ3n) is 4.10. The lowest BCUT2D eigenvalue weighted by atomic mass is 10.00. The molecule has 100 valence electrons. The summed E-state index contributed by atoms with van der Waals surface area (Å²) in [6.45, 7) is 8.80. The van der Waals surface area contributed by atoms with Crippen molar-refractivity contribution in [2.75, 3.05) is 13.1 Å². The van der Waals surface area contributed by atoms with Crippen molar-refractivity contribution in [2.45, 2.75) is 51.5 Å². The molecule has 0 radical (unpaired) electrons. The molecule has 2 heteroatoms. The fourth-order valence-corrected chi connectivity index (χ4v) is 3.33. The molecule has 1 aromatic rings. The summed E-state index contributed by atoms with van der Waals surface area (Å²) in [5.41, 5.74) is 3.92. The van der Waals surface area contributed by atoms with Gasteiger partial charge in [0.15, 0.2) is 0 Å². The van der Waals surface area contributed by atoms with E-state index >= 15 is 0 Å². The van der Waals surface area contributed by atoms with E-state index in [1.165, 1.54) is 42.5 Å². The molecule has 0 amide bonds. The van der Waals surface area contributed by atoms with Crippen molar-refractivity contribution in [3.63, 3.8) is 0 Å². The molecule has 0 bridgehead atoms. The summed E-state index contributed by atoms with van der Waals surface area (Å²) in [7, 11) is 0. The molecule has 1 nitrogen and oxygen atoms in total. The Hall–Kier alpha value is -0.530. The van der Waals surface area contributed by atoms with Crippen LogP contribution in [0.3, 0.4) is 0 Å². The summed E-state index contributed by atoms with van der Waals surface area (Å²) in [5.74, 6) is 0. The van der Waals surface area contributed by atoms with Gasteiger partial charge < -0.3 is 0 Å². The highest BCUT2D eigenvalue weighted by molar-refractivity contribution is 6.21. The number of likely N-dealkylation sites (tertiary alicyclic amines) is 1. The van der Waals surface area contributed by atoms with Crippen molar-refractivity contribution in [3.8, 4) is 0 Å². The van der Waals surface area contributed by atoms with Crippen LogP contribution in [0.5, 0.6) is 0 Å². The lowest BCUT2D eigenvalue weighted by Crippen LogP contribution is -2.39. The highest BCUT2D eigenvalue weighted by Gasteiger charge is 2.22. The summed E-state index contributed by atoms with van der Waals surface area (Å²) in [5, 5.41) is 0.117. The van der Waals surface area contributed by atoms with Gasteiger partial charge in [-0.25, -0.2) is 0 Å². The zero-order valence-corrected chi connectivity index (χ0v) is 12.5. The molecule has 0 spiro atoms. The number of hydrogen-bond donors (Lipinski definition) is 0. The van der Waals surface area contributed by atoms with Gasteiger partial charge in [0, 0.05) is 12.6 Å². The smallest absolute Gasteiger partial charge is 0.0714 e. The number of nitrogens with zero attached hydrogens (tertiary/aromatic N) is 1. The third kappa shape index (κ3) is 3.27. The minimum atomic E-state index is 0.117. The molecule has 1 saturated heterocycles. The zero-order chi connectivity index (χ0) is 13.1. The van der Waals surface area contributed by atoms with E-state index in [2.05, 4.69) is 43.9 Å². The monoisotopic (exact) mass is 265 g/mol. The fourth-order valence-electron chi connectivity index (χ4n) is 2.91. The number of piperidine rings is 1. The number of rotatable bonds is 3. The Bertz CT molecular complexity index is 402. The van der Waals surface area contributed by atoms with Crippen LogP contribution in [0, 0.1) is 13.8 Å². The van der Waals surface area contributed by atoms with Crippen LogP contribution in [0.25, 0.3) is 0 Å². The molecule has 1 aliphatic rings. The predicted octanol–water partition coefficient (Wildman–Crippen LogP) is 4.46. The average molecular weight is 266 g/mol. The van der Waals surface area contributed by atoms with Gasteiger partial charge >= 0.3 is 0 Å². The maximum atomic E-state index is 6.62. The average Bonchev–Trinajstić information content (AvgIpc) is 2.32. The Labute approximate surface area is 116 Å². The van der Waals surface area contributed by atoms with Gasteiger partial charge in [-0.15, -0.1) is 11.6 Å². The first kappa shape index (κ1) is 13.9. The maximum absolute atomic E-state index is 6.62. The minimum Gasteiger partial charge on any atom is -0.299 e. The van der Waals surface area contributed by atoms with E-state index < -0.39 is 0 Å². The van der Waals surface area contributed by atoms with Crippen LogP contribution in [0.15, 0.2) is 18.2 Å². The van der Waals surface area contributed by atoms with Crippen molar-refractivity contribution in [1.82, 2.24) is 4.90 Å². The van der Waals surface area contributed by atoms with E-state index in [1.54, 1.807) is 0 Å². The standard InChI is InChI=1S/C16H24ClN/c1-12-7-8-15(13(2)10-12)16(17)11-18-9-5-4-6-14(18)3/h7-8,10,14,16H,4-6,9,11H2,1-3H3. The largest absolute Gasteiger partial charge is 0.299 e. The van der Waals surface area contributed by atoms with Gasteiger partial charge in [-0.2, -0.15) is 0 Å². The van der Waals surface area contributed by atoms with Gasteiger partial charge in [-0.05, 0) is 51.3 Å². The Morgan fingerprint density at radius 3 is 2.78 bits per heavy atom. The molecular formula is C16H24ClN. The molecule has 2 unspecified atom stereocenters. The summed E-state index contributed by atoms with van der Waals surface area (Å²) in [4.78, 5) is 2.54. The molecule has 0 saturated carbocycles. The van der Waals surface area contributed by atoms with Gasteiger partial charge in [0.25, 0.3) is 0 Å². The molecule has 18 heavy (non-hydrogen) atoms. The number of aryl methyl sites for hydroxylation is 2. The van der Waals surface area contributed by atoms with Crippen molar-refractivity contribution in [2.24, 2.45) is 0 Å². The molecule has 1 aromatic carbocycles. The lowest BCUT2D eigenvalue weighted by molar-refractivity contribution is 0.161. The first-order valence-corrected chi connectivity index (χ1v) is 7.47. The van der Waals surface area contributed by atoms with Gasteiger partial charge in [0.2, 0.25) is 0 Å². The van der Waals surface area contributed by atoms with Gasteiger partial charge in [-0.3, -0.25) is 4.90 Å². The first-order valence-electron chi connectivity index (χ1n) is 7.03. The Kier molecular flexibility index (Phi) is 4.69. The van der Waals surface area contributed by atoms with Crippen LogP contribution in [0.4, 0.5) is 0 Å². The number of hydrogen-bond acceptors (Lipinski definition) is 1. The highest BCUT2D eigenvalue weighted by Crippen LogP contribution is 2.28. The number of benzene rings is 1. The molecule has 2 atom stereocenters. The molecule has 0 aliphatic carbocycles.